The molecule has 0 spiro atoms. The standard InChI is InChI=1S/C15H22N2O2/c16-10-12-6-7-13(19-12)11-17-8-3-9-18-15-5-2-1-4-14(15)17/h1-2,4-5,12-13H,3,6-11,16H2. The first-order chi connectivity index (χ1) is 9.36. The summed E-state index contributed by atoms with van der Waals surface area (Å²) in [7, 11) is 0. The highest BCUT2D eigenvalue weighted by atomic mass is 16.5. The Morgan fingerprint density at radius 3 is 2.89 bits per heavy atom. The lowest BCUT2D eigenvalue weighted by atomic mass is 10.1. The molecule has 2 heterocycles. The van der Waals surface area contributed by atoms with Gasteiger partial charge in [0.2, 0.25) is 0 Å². The van der Waals surface area contributed by atoms with Crippen LogP contribution in [0, 0.1) is 0 Å². The molecule has 2 aliphatic heterocycles. The molecule has 4 heteroatoms. The maximum atomic E-state index is 5.96. The number of anilines is 1. The molecule has 4 nitrogen and oxygen atoms in total. The average molecular weight is 262 g/mol. The summed E-state index contributed by atoms with van der Waals surface area (Å²) in [6.07, 6.45) is 3.82. The van der Waals surface area contributed by atoms with Gasteiger partial charge in [-0.1, -0.05) is 12.1 Å². The molecule has 19 heavy (non-hydrogen) atoms. The van der Waals surface area contributed by atoms with Gasteiger partial charge in [-0.15, -0.1) is 0 Å². The Bertz CT molecular complexity index is 424. The second kappa shape index (κ2) is 5.80. The van der Waals surface area contributed by atoms with Crippen LogP contribution in [-0.2, 0) is 4.74 Å². The van der Waals surface area contributed by atoms with Crippen LogP contribution in [0.4, 0.5) is 5.69 Å². The van der Waals surface area contributed by atoms with Crippen LogP contribution in [0.2, 0.25) is 0 Å². The van der Waals surface area contributed by atoms with Gasteiger partial charge in [0.05, 0.1) is 24.5 Å². The number of nitrogens with zero attached hydrogens (tertiary/aromatic N) is 1. The number of rotatable bonds is 3. The van der Waals surface area contributed by atoms with E-state index in [1.807, 2.05) is 12.1 Å². The maximum absolute atomic E-state index is 5.96. The van der Waals surface area contributed by atoms with E-state index in [4.69, 9.17) is 15.2 Å². The third-order valence-electron chi connectivity index (χ3n) is 3.92. The highest BCUT2D eigenvalue weighted by molar-refractivity contribution is 5.59. The fourth-order valence-electron chi connectivity index (χ4n) is 2.92. The van der Waals surface area contributed by atoms with E-state index in [0.717, 1.165) is 44.7 Å². The second-order valence-electron chi connectivity index (χ2n) is 5.31. The first kappa shape index (κ1) is 12.8. The predicted molar refractivity (Wildman–Crippen MR) is 75.7 cm³/mol. The van der Waals surface area contributed by atoms with E-state index in [0.29, 0.717) is 12.6 Å². The van der Waals surface area contributed by atoms with Crippen LogP contribution in [0.3, 0.4) is 0 Å². The van der Waals surface area contributed by atoms with Gasteiger partial charge in [0, 0.05) is 19.6 Å². The predicted octanol–water partition coefficient (Wildman–Crippen LogP) is 1.78. The molecular weight excluding hydrogens is 240 g/mol. The zero-order valence-electron chi connectivity index (χ0n) is 11.3. The van der Waals surface area contributed by atoms with Crippen molar-refractivity contribution in [1.82, 2.24) is 0 Å². The zero-order chi connectivity index (χ0) is 13.1. The summed E-state index contributed by atoms with van der Waals surface area (Å²) in [6.45, 7) is 3.40. The van der Waals surface area contributed by atoms with Crippen molar-refractivity contribution >= 4 is 5.69 Å². The van der Waals surface area contributed by atoms with Crippen molar-refractivity contribution in [2.75, 3.05) is 31.1 Å². The summed E-state index contributed by atoms with van der Waals surface area (Å²) in [4.78, 5) is 2.39. The summed E-state index contributed by atoms with van der Waals surface area (Å²) in [5.41, 5.74) is 6.87. The van der Waals surface area contributed by atoms with Crippen LogP contribution in [0.5, 0.6) is 5.75 Å². The average Bonchev–Trinajstić information content (AvgIpc) is 2.80. The Hall–Kier alpha value is -1.26. The molecular formula is C15H22N2O2. The molecule has 2 N–H and O–H groups in total. The van der Waals surface area contributed by atoms with E-state index in [-0.39, 0.29) is 6.10 Å². The highest BCUT2D eigenvalue weighted by Crippen LogP contribution is 2.31. The van der Waals surface area contributed by atoms with E-state index >= 15 is 0 Å². The lowest BCUT2D eigenvalue weighted by Gasteiger charge is -2.26. The molecule has 0 radical (unpaired) electrons. The lowest BCUT2D eigenvalue weighted by molar-refractivity contribution is 0.0543. The summed E-state index contributed by atoms with van der Waals surface area (Å²) in [6, 6.07) is 8.28. The van der Waals surface area contributed by atoms with Gasteiger partial charge in [-0.3, -0.25) is 0 Å². The molecule has 0 amide bonds. The van der Waals surface area contributed by atoms with Crippen LogP contribution in [0.15, 0.2) is 24.3 Å². The molecule has 2 atom stereocenters. The molecule has 1 aromatic carbocycles. The van der Waals surface area contributed by atoms with Crippen LogP contribution in [0.1, 0.15) is 19.3 Å². The lowest BCUT2D eigenvalue weighted by Crippen LogP contribution is -2.33. The number of fused-ring (bicyclic) bond motifs is 1. The minimum absolute atomic E-state index is 0.253. The Labute approximate surface area is 114 Å². The molecule has 3 rings (SSSR count). The van der Waals surface area contributed by atoms with E-state index < -0.39 is 0 Å². The number of hydrogen-bond donors (Lipinski definition) is 1. The van der Waals surface area contributed by atoms with Gasteiger partial charge in [-0.25, -0.2) is 0 Å². The van der Waals surface area contributed by atoms with Gasteiger partial charge in [0.15, 0.2) is 0 Å². The number of ether oxygens (including phenoxy) is 2. The fraction of sp³-hybridized carbons (Fsp3) is 0.600. The summed E-state index contributed by atoms with van der Waals surface area (Å²) in [5, 5.41) is 0. The Morgan fingerprint density at radius 2 is 2.05 bits per heavy atom. The Kier molecular flexibility index (Phi) is 3.89. The topological polar surface area (TPSA) is 47.7 Å². The first-order valence-electron chi connectivity index (χ1n) is 7.19. The van der Waals surface area contributed by atoms with Gasteiger partial charge in [0.25, 0.3) is 0 Å². The monoisotopic (exact) mass is 262 g/mol. The van der Waals surface area contributed by atoms with Crippen LogP contribution in [-0.4, -0.2) is 38.4 Å². The first-order valence-corrected chi connectivity index (χ1v) is 7.19. The molecule has 104 valence electrons. The van der Waals surface area contributed by atoms with Gasteiger partial charge in [-0.05, 0) is 31.4 Å². The number of hydrogen-bond acceptors (Lipinski definition) is 4. The molecule has 0 bridgehead atoms. The number of benzene rings is 1. The van der Waals surface area contributed by atoms with E-state index in [1.54, 1.807) is 0 Å². The minimum Gasteiger partial charge on any atom is -0.491 e. The SMILES string of the molecule is NCC1CCC(CN2CCCOc3ccccc32)O1. The van der Waals surface area contributed by atoms with Crippen molar-refractivity contribution in [3.05, 3.63) is 24.3 Å². The zero-order valence-corrected chi connectivity index (χ0v) is 11.3. The van der Waals surface area contributed by atoms with Gasteiger partial charge in [-0.2, -0.15) is 0 Å². The molecule has 0 aliphatic carbocycles. The molecule has 1 aromatic rings. The van der Waals surface area contributed by atoms with E-state index in [2.05, 4.69) is 17.0 Å². The summed E-state index contributed by atoms with van der Waals surface area (Å²) >= 11 is 0. The molecule has 2 unspecified atom stereocenters. The normalized spacial score (nSPS) is 26.7. The smallest absolute Gasteiger partial charge is 0.142 e. The number of nitrogens with two attached hydrogens (primary N) is 1. The third-order valence-corrected chi connectivity index (χ3v) is 3.92. The molecule has 2 aliphatic rings. The fourth-order valence-corrected chi connectivity index (χ4v) is 2.92. The van der Waals surface area contributed by atoms with Crippen molar-refractivity contribution in [3.8, 4) is 5.75 Å². The third kappa shape index (κ3) is 2.85. The molecule has 1 saturated heterocycles. The molecule has 0 aromatic heterocycles. The van der Waals surface area contributed by atoms with Crippen molar-refractivity contribution in [2.24, 2.45) is 5.73 Å². The maximum Gasteiger partial charge on any atom is 0.142 e. The Balaban J connectivity index is 1.70. The van der Waals surface area contributed by atoms with Crippen LogP contribution in [0.25, 0.3) is 0 Å². The molecule has 0 saturated carbocycles. The van der Waals surface area contributed by atoms with E-state index in [9.17, 15) is 0 Å². The highest BCUT2D eigenvalue weighted by Gasteiger charge is 2.27. The van der Waals surface area contributed by atoms with E-state index in [1.165, 1.54) is 5.69 Å². The number of para-hydroxylation sites is 2. The minimum atomic E-state index is 0.253. The largest absolute Gasteiger partial charge is 0.491 e. The van der Waals surface area contributed by atoms with Crippen LogP contribution < -0.4 is 15.4 Å². The van der Waals surface area contributed by atoms with Crippen molar-refractivity contribution in [1.29, 1.82) is 0 Å². The second-order valence-corrected chi connectivity index (χ2v) is 5.31. The van der Waals surface area contributed by atoms with Crippen molar-refractivity contribution in [3.63, 3.8) is 0 Å². The Morgan fingerprint density at radius 1 is 1.21 bits per heavy atom. The van der Waals surface area contributed by atoms with Crippen LogP contribution >= 0.6 is 0 Å². The summed E-state index contributed by atoms with van der Waals surface area (Å²) < 4.78 is 11.7. The van der Waals surface area contributed by atoms with Crippen molar-refractivity contribution in [2.45, 2.75) is 31.5 Å². The van der Waals surface area contributed by atoms with Gasteiger partial charge < -0.3 is 20.1 Å². The quantitative estimate of drug-likeness (QED) is 0.902. The van der Waals surface area contributed by atoms with Gasteiger partial charge >= 0.3 is 0 Å². The molecule has 1 fully saturated rings. The van der Waals surface area contributed by atoms with Gasteiger partial charge in [0.1, 0.15) is 5.75 Å². The van der Waals surface area contributed by atoms with Crippen molar-refractivity contribution < 1.29 is 9.47 Å². The summed E-state index contributed by atoms with van der Waals surface area (Å²) in [5.74, 6) is 0.994.